The van der Waals surface area contributed by atoms with Crippen LogP contribution in [0.1, 0.15) is 11.1 Å². The van der Waals surface area contributed by atoms with Crippen LogP contribution >= 0.6 is 15.9 Å². The summed E-state index contributed by atoms with van der Waals surface area (Å²) >= 11 is 3.41. The number of nitrogens with one attached hydrogen (secondary N) is 1. The Balaban J connectivity index is 2.37. The van der Waals surface area contributed by atoms with E-state index in [1.165, 1.54) is 12.1 Å². The van der Waals surface area contributed by atoms with Crippen LogP contribution in [0, 0.1) is 24.1 Å². The molecular weight excluding hydrogens is 309 g/mol. The van der Waals surface area contributed by atoms with Crippen molar-refractivity contribution in [1.29, 1.82) is 5.26 Å². The lowest BCUT2D eigenvalue weighted by Crippen LogP contribution is -1.96. The van der Waals surface area contributed by atoms with Gasteiger partial charge in [-0.3, -0.25) is 0 Å². The molecule has 2 aromatic carbocycles. The Morgan fingerprint density at radius 1 is 1.32 bits per heavy atom. The van der Waals surface area contributed by atoms with Crippen LogP contribution in [-0.4, -0.2) is 0 Å². The first-order valence-corrected chi connectivity index (χ1v) is 6.33. The lowest BCUT2D eigenvalue weighted by Gasteiger charge is -2.11. The molecule has 3 nitrogen and oxygen atoms in total. The highest BCUT2D eigenvalue weighted by Crippen LogP contribution is 2.30. The first-order valence-electron chi connectivity index (χ1n) is 5.53. The molecule has 0 amide bonds. The number of nitrogens with two attached hydrogens (primary N) is 1. The monoisotopic (exact) mass is 319 g/mol. The highest BCUT2D eigenvalue weighted by Gasteiger charge is 2.06. The molecule has 19 heavy (non-hydrogen) atoms. The molecule has 0 aromatic heterocycles. The Hall–Kier alpha value is -2.06. The molecule has 2 aromatic rings. The molecule has 2 rings (SSSR count). The van der Waals surface area contributed by atoms with Gasteiger partial charge in [0.1, 0.15) is 11.9 Å². The molecule has 0 saturated carbocycles. The summed E-state index contributed by atoms with van der Waals surface area (Å²) in [5.74, 6) is -0.527. The number of aryl methyl sites for hydroxylation is 1. The molecule has 96 valence electrons. The first kappa shape index (κ1) is 13.4. The van der Waals surface area contributed by atoms with Crippen molar-refractivity contribution in [2.45, 2.75) is 6.92 Å². The van der Waals surface area contributed by atoms with Gasteiger partial charge in [-0.1, -0.05) is 0 Å². The molecule has 0 unspecified atom stereocenters. The van der Waals surface area contributed by atoms with Gasteiger partial charge in [-0.05, 0) is 58.7 Å². The van der Waals surface area contributed by atoms with Crippen molar-refractivity contribution < 1.29 is 4.39 Å². The zero-order valence-corrected chi connectivity index (χ0v) is 11.8. The fourth-order valence-electron chi connectivity index (χ4n) is 1.64. The summed E-state index contributed by atoms with van der Waals surface area (Å²) in [6.45, 7) is 1.90. The fourth-order valence-corrected chi connectivity index (χ4v) is 2.10. The van der Waals surface area contributed by atoms with Crippen LogP contribution in [0.25, 0.3) is 0 Å². The van der Waals surface area contributed by atoms with Crippen LogP contribution in [0.2, 0.25) is 0 Å². The summed E-state index contributed by atoms with van der Waals surface area (Å²) in [5.41, 5.74) is 8.88. The second-order valence-corrected chi connectivity index (χ2v) is 4.97. The van der Waals surface area contributed by atoms with Gasteiger partial charge >= 0.3 is 0 Å². The van der Waals surface area contributed by atoms with Gasteiger partial charge in [-0.25, -0.2) is 4.39 Å². The van der Waals surface area contributed by atoms with Gasteiger partial charge in [0.25, 0.3) is 0 Å². The second-order valence-electron chi connectivity index (χ2n) is 4.12. The Bertz CT molecular complexity index is 677. The van der Waals surface area contributed by atoms with Crippen molar-refractivity contribution in [3.05, 3.63) is 51.7 Å². The van der Waals surface area contributed by atoms with E-state index in [0.717, 1.165) is 15.7 Å². The standard InChI is InChI=1S/C14H11BrFN3/c1-8-4-14(11(15)6-13(8)18)19-10-2-3-12(16)9(5-10)7-17/h2-6,19H,18H2,1H3. The third-order valence-corrected chi connectivity index (χ3v) is 3.38. The van der Waals surface area contributed by atoms with Crippen LogP contribution in [0.15, 0.2) is 34.8 Å². The molecule has 5 heteroatoms. The van der Waals surface area contributed by atoms with Crippen molar-refractivity contribution in [3.63, 3.8) is 0 Å². The second kappa shape index (κ2) is 5.29. The number of hydrogen-bond acceptors (Lipinski definition) is 3. The molecule has 0 fully saturated rings. The minimum absolute atomic E-state index is 0.00768. The number of anilines is 3. The van der Waals surface area contributed by atoms with Gasteiger partial charge in [-0.2, -0.15) is 5.26 Å². The normalized spacial score (nSPS) is 10.0. The summed E-state index contributed by atoms with van der Waals surface area (Å²) in [5, 5.41) is 11.9. The van der Waals surface area contributed by atoms with Crippen LogP contribution in [-0.2, 0) is 0 Å². The Labute approximate surface area is 119 Å². The molecule has 0 radical (unpaired) electrons. The Kier molecular flexibility index (Phi) is 3.72. The van der Waals surface area contributed by atoms with Crippen LogP contribution in [0.5, 0.6) is 0 Å². The third kappa shape index (κ3) is 2.85. The maximum atomic E-state index is 13.2. The van der Waals surface area contributed by atoms with Gasteiger partial charge < -0.3 is 11.1 Å². The van der Waals surface area contributed by atoms with E-state index < -0.39 is 5.82 Å². The van der Waals surface area contributed by atoms with Crippen molar-refractivity contribution >= 4 is 33.0 Å². The van der Waals surface area contributed by atoms with E-state index in [9.17, 15) is 4.39 Å². The van der Waals surface area contributed by atoms with E-state index in [0.29, 0.717) is 11.4 Å². The van der Waals surface area contributed by atoms with E-state index in [-0.39, 0.29) is 5.56 Å². The number of hydrogen-bond donors (Lipinski definition) is 2. The van der Waals surface area contributed by atoms with Crippen LogP contribution in [0.4, 0.5) is 21.5 Å². The van der Waals surface area contributed by atoms with Crippen LogP contribution < -0.4 is 11.1 Å². The summed E-state index contributed by atoms with van der Waals surface area (Å²) < 4.78 is 14.0. The summed E-state index contributed by atoms with van der Waals surface area (Å²) in [7, 11) is 0. The average Bonchev–Trinajstić information content (AvgIpc) is 2.38. The van der Waals surface area contributed by atoms with E-state index in [4.69, 9.17) is 11.0 Å². The SMILES string of the molecule is Cc1cc(Nc2ccc(F)c(C#N)c2)c(Br)cc1N. The Morgan fingerprint density at radius 2 is 2.05 bits per heavy atom. The third-order valence-electron chi connectivity index (χ3n) is 2.72. The minimum atomic E-state index is -0.527. The molecule has 0 aliphatic heterocycles. The molecule has 0 heterocycles. The lowest BCUT2D eigenvalue weighted by atomic mass is 10.1. The Morgan fingerprint density at radius 3 is 2.74 bits per heavy atom. The predicted molar refractivity (Wildman–Crippen MR) is 77.7 cm³/mol. The number of nitrogen functional groups attached to an aromatic ring is 1. The number of nitrogens with zero attached hydrogens (tertiary/aromatic N) is 1. The van der Waals surface area contributed by atoms with Gasteiger partial charge in [0.2, 0.25) is 0 Å². The smallest absolute Gasteiger partial charge is 0.141 e. The van der Waals surface area contributed by atoms with Crippen molar-refractivity contribution in [1.82, 2.24) is 0 Å². The van der Waals surface area contributed by atoms with E-state index in [2.05, 4.69) is 21.2 Å². The number of nitriles is 1. The fraction of sp³-hybridized carbons (Fsp3) is 0.0714. The summed E-state index contributed by atoms with van der Waals surface area (Å²) in [4.78, 5) is 0. The molecule has 0 bridgehead atoms. The molecule has 3 N–H and O–H groups in total. The van der Waals surface area contributed by atoms with E-state index in [1.807, 2.05) is 19.1 Å². The average molecular weight is 320 g/mol. The largest absolute Gasteiger partial charge is 0.398 e. The highest BCUT2D eigenvalue weighted by atomic mass is 79.9. The quantitative estimate of drug-likeness (QED) is 0.819. The van der Waals surface area contributed by atoms with Gasteiger partial charge in [-0.15, -0.1) is 0 Å². The summed E-state index contributed by atoms with van der Waals surface area (Å²) in [6, 6.07) is 9.80. The number of halogens is 2. The molecule has 0 aliphatic carbocycles. The maximum absolute atomic E-state index is 13.2. The lowest BCUT2D eigenvalue weighted by molar-refractivity contribution is 0.624. The molecule has 0 atom stereocenters. The maximum Gasteiger partial charge on any atom is 0.141 e. The van der Waals surface area contributed by atoms with E-state index >= 15 is 0 Å². The van der Waals surface area contributed by atoms with Crippen molar-refractivity contribution in [2.75, 3.05) is 11.1 Å². The van der Waals surface area contributed by atoms with Crippen LogP contribution in [0.3, 0.4) is 0 Å². The van der Waals surface area contributed by atoms with Crippen molar-refractivity contribution in [2.24, 2.45) is 0 Å². The van der Waals surface area contributed by atoms with Gasteiger partial charge in [0.05, 0.1) is 11.3 Å². The zero-order chi connectivity index (χ0) is 14.0. The predicted octanol–water partition coefficient (Wildman–Crippen LogP) is 4.09. The highest BCUT2D eigenvalue weighted by molar-refractivity contribution is 9.10. The molecule has 0 spiro atoms. The topological polar surface area (TPSA) is 61.8 Å². The number of rotatable bonds is 2. The van der Waals surface area contributed by atoms with Gasteiger partial charge in [0, 0.05) is 15.8 Å². The number of benzene rings is 2. The first-order chi connectivity index (χ1) is 9.01. The van der Waals surface area contributed by atoms with E-state index in [1.54, 1.807) is 12.1 Å². The molecule has 0 aliphatic rings. The molecular formula is C14H11BrFN3. The minimum Gasteiger partial charge on any atom is -0.398 e. The van der Waals surface area contributed by atoms with Crippen molar-refractivity contribution in [3.8, 4) is 6.07 Å². The summed E-state index contributed by atoms with van der Waals surface area (Å²) in [6.07, 6.45) is 0. The zero-order valence-electron chi connectivity index (χ0n) is 10.2. The van der Waals surface area contributed by atoms with Gasteiger partial charge in [0.15, 0.2) is 0 Å². The molecule has 0 saturated heterocycles.